The molecule has 0 radical (unpaired) electrons. The van der Waals surface area contributed by atoms with Gasteiger partial charge in [0.05, 0.1) is 18.5 Å². The first-order chi connectivity index (χ1) is 14.1. The van der Waals surface area contributed by atoms with Crippen LogP contribution in [0.1, 0.15) is 35.1 Å². The number of nitrogens with zero attached hydrogens (tertiary/aromatic N) is 1. The summed E-state index contributed by atoms with van der Waals surface area (Å²) in [5, 5.41) is 2.82. The van der Waals surface area contributed by atoms with Crippen molar-refractivity contribution in [3.63, 3.8) is 0 Å². The standard InChI is InChI=1S/C23H32N2O4S/c1-17-11-12-21(16-19(17)3)25(30(5,27)28)14-7-10-23(26)24-13-15-29-22-9-6-8-18(2)20(22)4/h6,8-9,11-12,16H,7,10,13-15H2,1-5H3,(H,24,26). The fourth-order valence-corrected chi connectivity index (χ4v) is 4.03. The summed E-state index contributed by atoms with van der Waals surface area (Å²) in [6.07, 6.45) is 1.87. The molecule has 1 N–H and O–H groups in total. The topological polar surface area (TPSA) is 75.7 Å². The molecule has 0 spiro atoms. The number of rotatable bonds is 10. The van der Waals surface area contributed by atoms with Crippen LogP contribution in [0.2, 0.25) is 0 Å². The normalized spacial score (nSPS) is 11.2. The monoisotopic (exact) mass is 432 g/mol. The van der Waals surface area contributed by atoms with Crippen molar-refractivity contribution < 1.29 is 17.9 Å². The van der Waals surface area contributed by atoms with Gasteiger partial charge in [-0.05, 0) is 74.6 Å². The van der Waals surface area contributed by atoms with E-state index in [9.17, 15) is 13.2 Å². The molecule has 2 aromatic rings. The number of aryl methyl sites for hydroxylation is 3. The minimum absolute atomic E-state index is 0.117. The first-order valence-electron chi connectivity index (χ1n) is 10.1. The molecule has 30 heavy (non-hydrogen) atoms. The molecule has 0 aliphatic rings. The smallest absolute Gasteiger partial charge is 0.232 e. The van der Waals surface area contributed by atoms with Crippen LogP contribution < -0.4 is 14.4 Å². The lowest BCUT2D eigenvalue weighted by Gasteiger charge is -2.23. The molecule has 1 amide bonds. The number of hydrogen-bond donors (Lipinski definition) is 1. The van der Waals surface area contributed by atoms with E-state index in [4.69, 9.17) is 4.74 Å². The van der Waals surface area contributed by atoms with Gasteiger partial charge < -0.3 is 10.1 Å². The van der Waals surface area contributed by atoms with Crippen LogP contribution in [0.5, 0.6) is 5.75 Å². The Morgan fingerprint density at radius 1 is 1.03 bits per heavy atom. The quantitative estimate of drug-likeness (QED) is 0.582. The van der Waals surface area contributed by atoms with Crippen molar-refractivity contribution in [2.75, 3.05) is 30.3 Å². The number of hydrogen-bond acceptors (Lipinski definition) is 4. The van der Waals surface area contributed by atoms with Gasteiger partial charge in [-0.15, -0.1) is 0 Å². The maximum absolute atomic E-state index is 12.2. The van der Waals surface area contributed by atoms with E-state index in [2.05, 4.69) is 5.32 Å². The van der Waals surface area contributed by atoms with Crippen molar-refractivity contribution in [2.45, 2.75) is 40.5 Å². The van der Waals surface area contributed by atoms with E-state index in [1.165, 1.54) is 10.6 Å². The largest absolute Gasteiger partial charge is 0.491 e. The van der Waals surface area contributed by atoms with Gasteiger partial charge in [0, 0.05) is 13.0 Å². The lowest BCUT2D eigenvalue weighted by Crippen LogP contribution is -2.33. The van der Waals surface area contributed by atoms with Crippen LogP contribution in [0.25, 0.3) is 0 Å². The third-order valence-corrected chi connectivity index (χ3v) is 6.37. The first-order valence-corrected chi connectivity index (χ1v) is 11.9. The Labute approximate surface area is 180 Å². The second kappa shape index (κ2) is 10.5. The molecule has 0 aliphatic carbocycles. The number of anilines is 1. The molecular weight excluding hydrogens is 400 g/mol. The maximum Gasteiger partial charge on any atom is 0.232 e. The predicted octanol–water partition coefficient (Wildman–Crippen LogP) is 3.66. The Morgan fingerprint density at radius 2 is 1.77 bits per heavy atom. The Morgan fingerprint density at radius 3 is 2.43 bits per heavy atom. The lowest BCUT2D eigenvalue weighted by atomic mass is 10.1. The Balaban J connectivity index is 1.80. The Hall–Kier alpha value is -2.54. The SMILES string of the molecule is Cc1ccc(N(CCCC(=O)NCCOc2cccc(C)c2C)S(C)(=O)=O)cc1C. The van der Waals surface area contributed by atoms with E-state index in [1.807, 2.05) is 58.0 Å². The second-order valence-electron chi connectivity index (χ2n) is 7.60. The number of sulfonamides is 1. The number of amides is 1. The molecular formula is C23H32N2O4S. The molecule has 0 bridgehead atoms. The first kappa shape index (κ1) is 23.7. The van der Waals surface area contributed by atoms with Gasteiger partial charge in [-0.1, -0.05) is 18.2 Å². The van der Waals surface area contributed by atoms with Crippen molar-refractivity contribution >= 4 is 21.6 Å². The van der Waals surface area contributed by atoms with Crippen LogP contribution in [0.15, 0.2) is 36.4 Å². The molecule has 0 unspecified atom stereocenters. The Kier molecular flexibility index (Phi) is 8.29. The van der Waals surface area contributed by atoms with E-state index in [0.29, 0.717) is 25.3 Å². The number of benzene rings is 2. The maximum atomic E-state index is 12.2. The summed E-state index contributed by atoms with van der Waals surface area (Å²) in [4.78, 5) is 12.1. The summed E-state index contributed by atoms with van der Waals surface area (Å²) in [7, 11) is -3.42. The number of carbonyl (C=O) groups excluding carboxylic acids is 1. The van der Waals surface area contributed by atoms with Crippen LogP contribution in [-0.4, -0.2) is 40.3 Å². The van der Waals surface area contributed by atoms with Crippen molar-refractivity contribution in [2.24, 2.45) is 0 Å². The highest BCUT2D eigenvalue weighted by molar-refractivity contribution is 7.92. The molecule has 164 valence electrons. The molecule has 0 saturated carbocycles. The summed E-state index contributed by atoms with van der Waals surface area (Å²) in [6, 6.07) is 11.5. The summed E-state index contributed by atoms with van der Waals surface area (Å²) < 4.78 is 31.5. The Bertz CT molecular complexity index is 987. The van der Waals surface area contributed by atoms with Crippen molar-refractivity contribution in [3.05, 3.63) is 58.7 Å². The number of nitrogens with one attached hydrogen (secondary N) is 1. The van der Waals surface area contributed by atoms with E-state index in [0.717, 1.165) is 28.0 Å². The van der Waals surface area contributed by atoms with E-state index in [1.54, 1.807) is 6.07 Å². The molecule has 0 aliphatic heterocycles. The number of ether oxygens (including phenoxy) is 1. The van der Waals surface area contributed by atoms with Gasteiger partial charge in [0.25, 0.3) is 0 Å². The summed E-state index contributed by atoms with van der Waals surface area (Å²) in [6.45, 7) is 9.01. The second-order valence-corrected chi connectivity index (χ2v) is 9.51. The van der Waals surface area contributed by atoms with Crippen LogP contribution >= 0.6 is 0 Å². The van der Waals surface area contributed by atoms with Crippen LogP contribution in [-0.2, 0) is 14.8 Å². The van der Waals surface area contributed by atoms with Gasteiger partial charge >= 0.3 is 0 Å². The zero-order chi connectivity index (χ0) is 22.3. The fraction of sp³-hybridized carbons (Fsp3) is 0.435. The van der Waals surface area contributed by atoms with Gasteiger partial charge in [-0.25, -0.2) is 8.42 Å². The molecule has 0 aromatic heterocycles. The average Bonchev–Trinajstić information content (AvgIpc) is 2.67. The molecule has 0 atom stereocenters. The van der Waals surface area contributed by atoms with Gasteiger partial charge in [-0.2, -0.15) is 0 Å². The van der Waals surface area contributed by atoms with Gasteiger partial charge in [0.2, 0.25) is 15.9 Å². The van der Waals surface area contributed by atoms with Gasteiger partial charge in [0.15, 0.2) is 0 Å². The zero-order valence-corrected chi connectivity index (χ0v) is 19.3. The van der Waals surface area contributed by atoms with E-state index >= 15 is 0 Å². The zero-order valence-electron chi connectivity index (χ0n) is 18.5. The van der Waals surface area contributed by atoms with Crippen LogP contribution in [0.3, 0.4) is 0 Å². The van der Waals surface area contributed by atoms with Gasteiger partial charge in [0.1, 0.15) is 12.4 Å². The highest BCUT2D eigenvalue weighted by Crippen LogP contribution is 2.22. The average molecular weight is 433 g/mol. The fourth-order valence-electron chi connectivity index (χ4n) is 3.07. The highest BCUT2D eigenvalue weighted by Gasteiger charge is 2.18. The minimum Gasteiger partial charge on any atom is -0.491 e. The molecule has 6 nitrogen and oxygen atoms in total. The minimum atomic E-state index is -3.42. The lowest BCUT2D eigenvalue weighted by molar-refractivity contribution is -0.121. The third kappa shape index (κ3) is 6.76. The van der Waals surface area contributed by atoms with Gasteiger partial charge in [-0.3, -0.25) is 9.10 Å². The molecule has 0 fully saturated rings. The van der Waals surface area contributed by atoms with E-state index in [-0.39, 0.29) is 18.9 Å². The van der Waals surface area contributed by atoms with Crippen LogP contribution in [0, 0.1) is 27.7 Å². The van der Waals surface area contributed by atoms with Crippen LogP contribution in [0.4, 0.5) is 5.69 Å². The molecule has 0 saturated heterocycles. The summed E-state index contributed by atoms with van der Waals surface area (Å²) in [5.74, 6) is 0.703. The van der Waals surface area contributed by atoms with Crippen molar-refractivity contribution in [3.8, 4) is 5.75 Å². The molecule has 0 heterocycles. The molecule has 7 heteroatoms. The molecule has 2 rings (SSSR count). The van der Waals surface area contributed by atoms with Crippen molar-refractivity contribution in [1.82, 2.24) is 5.32 Å². The van der Waals surface area contributed by atoms with Crippen molar-refractivity contribution in [1.29, 1.82) is 0 Å². The predicted molar refractivity (Wildman–Crippen MR) is 122 cm³/mol. The number of carbonyl (C=O) groups is 1. The molecule has 2 aromatic carbocycles. The highest BCUT2D eigenvalue weighted by atomic mass is 32.2. The third-order valence-electron chi connectivity index (χ3n) is 5.18. The summed E-state index contributed by atoms with van der Waals surface area (Å²) >= 11 is 0. The van der Waals surface area contributed by atoms with E-state index < -0.39 is 10.0 Å². The summed E-state index contributed by atoms with van der Waals surface area (Å²) in [5.41, 5.74) is 5.02.